The van der Waals surface area contributed by atoms with Crippen LogP contribution in [0.1, 0.15) is 59.8 Å². The number of carboxylic acids is 1. The number of carboxylic acid groups (broad SMARTS) is 1. The fourth-order valence-corrected chi connectivity index (χ4v) is 5.73. The number of nitrogens with one attached hydrogen (secondary N) is 1. The fourth-order valence-electron chi connectivity index (χ4n) is 3.87. The van der Waals surface area contributed by atoms with Gasteiger partial charge in [0.2, 0.25) is 5.91 Å². The van der Waals surface area contributed by atoms with Gasteiger partial charge in [-0.1, -0.05) is 59.5 Å². The molecule has 3 N–H and O–H groups in total. The van der Waals surface area contributed by atoms with Crippen LogP contribution < -0.4 is 5.32 Å². The molecule has 1 fully saturated rings. The number of aryl methyl sites for hydroxylation is 1. The third-order valence-corrected chi connectivity index (χ3v) is 7.88. The SMILES string of the molecule is Cc1nnc(SC[C@@H]2C[C@H](c3ccc(CO)cc3)O[C@H](c3ccc(NC(=O)CCCC(=O)O)cc3)O2)s1. The normalized spacial score (nSPS) is 19.5. The van der Waals surface area contributed by atoms with Crippen LogP contribution in [0.3, 0.4) is 0 Å². The molecule has 1 aliphatic heterocycles. The van der Waals surface area contributed by atoms with Crippen LogP contribution in [0.15, 0.2) is 52.9 Å². The van der Waals surface area contributed by atoms with Crippen molar-refractivity contribution < 1.29 is 29.3 Å². The van der Waals surface area contributed by atoms with Crippen molar-refractivity contribution in [1.82, 2.24) is 10.2 Å². The van der Waals surface area contributed by atoms with Crippen LogP contribution in [0.4, 0.5) is 5.69 Å². The van der Waals surface area contributed by atoms with E-state index in [1.807, 2.05) is 43.3 Å². The largest absolute Gasteiger partial charge is 0.481 e. The van der Waals surface area contributed by atoms with Crippen molar-refractivity contribution in [3.63, 3.8) is 0 Å². The van der Waals surface area contributed by atoms with Gasteiger partial charge < -0.3 is 25.0 Å². The topological polar surface area (TPSA) is 131 Å². The first-order valence-electron chi connectivity index (χ1n) is 11.9. The third-order valence-electron chi connectivity index (χ3n) is 5.78. The van der Waals surface area contributed by atoms with E-state index in [0.717, 1.165) is 26.0 Å². The number of carbonyl (C=O) groups is 2. The molecule has 2 aromatic carbocycles. The van der Waals surface area contributed by atoms with Crippen molar-refractivity contribution in [2.45, 2.75) is 62.1 Å². The van der Waals surface area contributed by atoms with Crippen LogP contribution in [-0.2, 0) is 25.7 Å². The second kappa shape index (κ2) is 13.1. The van der Waals surface area contributed by atoms with Crippen molar-refractivity contribution in [2.24, 2.45) is 0 Å². The molecule has 0 radical (unpaired) electrons. The Morgan fingerprint density at radius 3 is 2.43 bits per heavy atom. The molecule has 0 aliphatic carbocycles. The number of hydrogen-bond donors (Lipinski definition) is 3. The zero-order valence-corrected chi connectivity index (χ0v) is 22.0. The first-order chi connectivity index (χ1) is 17.9. The Kier molecular flexibility index (Phi) is 9.64. The molecule has 3 atom stereocenters. The number of thioether (sulfide) groups is 1. The highest BCUT2D eigenvalue weighted by Gasteiger charge is 2.32. The number of carbonyl (C=O) groups excluding carboxylic acids is 1. The highest BCUT2D eigenvalue weighted by atomic mass is 32.2. The number of rotatable bonds is 11. The number of aliphatic carboxylic acids is 1. The standard InChI is InChI=1S/C26H29N3O6S2/c1-16-28-29-26(37-16)36-15-21-13-22(18-7-5-17(14-30)6-8-18)35-25(34-21)19-9-11-20(12-10-19)27-23(31)3-2-4-24(32)33/h5-12,21-22,25,30H,2-4,13-15H2,1H3,(H,27,31)(H,32,33)/t21-,22+,25+/m0/s1. The number of aromatic nitrogens is 2. The van der Waals surface area contributed by atoms with Gasteiger partial charge in [0.1, 0.15) is 5.01 Å². The molecule has 4 rings (SSSR count). The lowest BCUT2D eigenvalue weighted by molar-refractivity contribution is -0.245. The van der Waals surface area contributed by atoms with Crippen molar-refractivity contribution in [3.8, 4) is 0 Å². The highest BCUT2D eigenvalue weighted by molar-refractivity contribution is 8.01. The quantitative estimate of drug-likeness (QED) is 0.290. The third kappa shape index (κ3) is 8.08. The molecule has 0 saturated carbocycles. The highest BCUT2D eigenvalue weighted by Crippen LogP contribution is 2.39. The van der Waals surface area contributed by atoms with Crippen molar-refractivity contribution >= 4 is 40.7 Å². The average Bonchev–Trinajstić information content (AvgIpc) is 3.32. The minimum absolute atomic E-state index is 0.0134. The van der Waals surface area contributed by atoms with Gasteiger partial charge in [-0.15, -0.1) is 10.2 Å². The first-order valence-corrected chi connectivity index (χ1v) is 13.7. The Morgan fingerprint density at radius 2 is 1.78 bits per heavy atom. The maximum atomic E-state index is 12.1. The van der Waals surface area contributed by atoms with E-state index in [9.17, 15) is 14.7 Å². The first kappa shape index (κ1) is 27.2. The number of hydrogen-bond acceptors (Lipinski definition) is 9. The van der Waals surface area contributed by atoms with Gasteiger partial charge in [0, 0.05) is 36.3 Å². The fraction of sp³-hybridized carbons (Fsp3) is 0.385. The van der Waals surface area contributed by atoms with E-state index in [-0.39, 0.29) is 37.6 Å². The van der Waals surface area contributed by atoms with Crippen LogP contribution >= 0.6 is 23.1 Å². The molecule has 2 heterocycles. The lowest BCUT2D eigenvalue weighted by Gasteiger charge is -2.36. The lowest BCUT2D eigenvalue weighted by atomic mass is 10.0. The van der Waals surface area contributed by atoms with Gasteiger partial charge in [-0.3, -0.25) is 9.59 Å². The molecule has 1 amide bonds. The molecule has 0 bridgehead atoms. The van der Waals surface area contributed by atoms with E-state index in [1.54, 1.807) is 35.2 Å². The predicted molar refractivity (Wildman–Crippen MR) is 140 cm³/mol. The zero-order chi connectivity index (χ0) is 26.2. The molecule has 1 aromatic heterocycles. The number of amides is 1. The maximum absolute atomic E-state index is 12.1. The second-order valence-electron chi connectivity index (χ2n) is 8.67. The summed E-state index contributed by atoms with van der Waals surface area (Å²) in [7, 11) is 0. The van der Waals surface area contributed by atoms with E-state index < -0.39 is 12.3 Å². The summed E-state index contributed by atoms with van der Waals surface area (Å²) in [4.78, 5) is 22.7. The molecule has 11 heteroatoms. The summed E-state index contributed by atoms with van der Waals surface area (Å²) in [5.41, 5.74) is 3.29. The van der Waals surface area contributed by atoms with Gasteiger partial charge in [-0.05, 0) is 36.6 Å². The Bertz CT molecular complexity index is 1190. The van der Waals surface area contributed by atoms with E-state index in [1.165, 1.54) is 0 Å². The molecule has 0 spiro atoms. The molecular weight excluding hydrogens is 514 g/mol. The number of aliphatic hydroxyl groups is 1. The summed E-state index contributed by atoms with van der Waals surface area (Å²) in [5.74, 6) is -0.443. The van der Waals surface area contributed by atoms with E-state index >= 15 is 0 Å². The summed E-state index contributed by atoms with van der Waals surface area (Å²) >= 11 is 3.17. The monoisotopic (exact) mass is 543 g/mol. The van der Waals surface area contributed by atoms with E-state index in [0.29, 0.717) is 24.3 Å². The van der Waals surface area contributed by atoms with Crippen LogP contribution in [0.2, 0.25) is 0 Å². The van der Waals surface area contributed by atoms with Crippen LogP contribution in [0.5, 0.6) is 0 Å². The number of ether oxygens (including phenoxy) is 2. The van der Waals surface area contributed by atoms with Crippen molar-refractivity contribution in [1.29, 1.82) is 0 Å². The van der Waals surface area contributed by atoms with Crippen molar-refractivity contribution in [2.75, 3.05) is 11.1 Å². The number of aliphatic hydroxyl groups excluding tert-OH is 1. The van der Waals surface area contributed by atoms with Gasteiger partial charge in [-0.25, -0.2) is 0 Å². The second-order valence-corrected chi connectivity index (χ2v) is 11.1. The Hall–Kier alpha value is -2.83. The summed E-state index contributed by atoms with van der Waals surface area (Å²) in [6.07, 6.45) is 0.186. The minimum atomic E-state index is -0.914. The molecular formula is C26H29N3O6S2. The van der Waals surface area contributed by atoms with E-state index in [4.69, 9.17) is 14.6 Å². The van der Waals surface area contributed by atoms with Gasteiger partial charge in [0.25, 0.3) is 0 Å². The summed E-state index contributed by atoms with van der Waals surface area (Å²) in [6.45, 7) is 1.91. The van der Waals surface area contributed by atoms with Crippen LogP contribution in [0, 0.1) is 6.92 Å². The summed E-state index contributed by atoms with van der Waals surface area (Å²) < 4.78 is 13.6. The number of nitrogens with zero attached hydrogens (tertiary/aromatic N) is 2. The lowest BCUT2D eigenvalue weighted by Crippen LogP contribution is -2.31. The van der Waals surface area contributed by atoms with Crippen LogP contribution in [-0.4, -0.2) is 44.1 Å². The molecule has 1 aliphatic rings. The van der Waals surface area contributed by atoms with Gasteiger partial charge in [0.05, 0.1) is 18.8 Å². The average molecular weight is 544 g/mol. The van der Waals surface area contributed by atoms with Gasteiger partial charge >= 0.3 is 5.97 Å². The minimum Gasteiger partial charge on any atom is -0.481 e. The number of benzene rings is 2. The Balaban J connectivity index is 1.43. The van der Waals surface area contributed by atoms with E-state index in [2.05, 4.69) is 15.5 Å². The predicted octanol–water partition coefficient (Wildman–Crippen LogP) is 4.87. The summed E-state index contributed by atoms with van der Waals surface area (Å²) in [5, 5.41) is 30.1. The zero-order valence-electron chi connectivity index (χ0n) is 20.3. The Morgan fingerprint density at radius 1 is 1.05 bits per heavy atom. The van der Waals surface area contributed by atoms with Gasteiger partial charge in [-0.2, -0.15) is 0 Å². The van der Waals surface area contributed by atoms with Gasteiger partial charge in [0.15, 0.2) is 10.6 Å². The van der Waals surface area contributed by atoms with Crippen LogP contribution in [0.25, 0.3) is 0 Å². The number of anilines is 1. The smallest absolute Gasteiger partial charge is 0.303 e. The molecule has 0 unspecified atom stereocenters. The van der Waals surface area contributed by atoms with Crippen molar-refractivity contribution in [3.05, 3.63) is 70.2 Å². The Labute approximate surface area is 223 Å². The maximum Gasteiger partial charge on any atom is 0.303 e. The molecule has 1 saturated heterocycles. The molecule has 3 aromatic rings. The summed E-state index contributed by atoms with van der Waals surface area (Å²) in [6, 6.07) is 15.0. The molecule has 37 heavy (non-hydrogen) atoms. The molecule has 196 valence electrons. The molecule has 9 nitrogen and oxygen atoms in total.